The van der Waals surface area contributed by atoms with Gasteiger partial charge >= 0.3 is 0 Å². The van der Waals surface area contributed by atoms with Crippen molar-refractivity contribution < 1.29 is 19.2 Å². The molecule has 1 aliphatic heterocycles. The smallest absolute Gasteiger partial charge is 0.273 e. The van der Waals surface area contributed by atoms with Crippen LogP contribution in [-0.4, -0.2) is 54.0 Å². The van der Waals surface area contributed by atoms with Crippen molar-refractivity contribution in [2.24, 2.45) is 0 Å². The Hall–Kier alpha value is -1.67. The molecule has 0 bridgehead atoms. The lowest BCUT2D eigenvalue weighted by molar-refractivity contribution is -0.384. The molecule has 1 aliphatic rings. The first-order valence-corrected chi connectivity index (χ1v) is 7.48. The summed E-state index contributed by atoms with van der Waals surface area (Å²) in [7, 11) is 1.39. The van der Waals surface area contributed by atoms with Crippen LogP contribution in [0.15, 0.2) is 18.2 Å². The normalized spacial score (nSPS) is 18.4. The van der Waals surface area contributed by atoms with Gasteiger partial charge in [0.15, 0.2) is 0 Å². The van der Waals surface area contributed by atoms with E-state index in [4.69, 9.17) is 9.47 Å². The zero-order valence-electron chi connectivity index (χ0n) is 11.5. The van der Waals surface area contributed by atoms with Crippen molar-refractivity contribution in [1.29, 1.82) is 0 Å². The molecule has 1 fully saturated rings. The second-order valence-corrected chi connectivity index (χ2v) is 5.19. The van der Waals surface area contributed by atoms with Crippen molar-refractivity contribution in [3.05, 3.63) is 33.9 Å². The summed E-state index contributed by atoms with van der Waals surface area (Å²) in [6.45, 7) is 1.43. The van der Waals surface area contributed by atoms with Crippen molar-refractivity contribution in [1.82, 2.24) is 4.90 Å². The zero-order valence-corrected chi connectivity index (χ0v) is 13.0. The van der Waals surface area contributed by atoms with Gasteiger partial charge in [-0.05, 0) is 6.07 Å². The minimum Gasteiger partial charge on any atom is -0.496 e. The van der Waals surface area contributed by atoms with Gasteiger partial charge in [-0.25, -0.2) is 0 Å². The number of hydrogen-bond acceptors (Lipinski definition) is 5. The number of alkyl halides is 1. The van der Waals surface area contributed by atoms with Gasteiger partial charge in [0.25, 0.3) is 11.6 Å². The number of non-ortho nitro benzene ring substituents is 1. The number of amides is 1. The number of benzene rings is 1. The molecule has 1 atom stereocenters. The highest BCUT2D eigenvalue weighted by atomic mass is 79.9. The third-order valence-corrected chi connectivity index (χ3v) is 3.95. The van der Waals surface area contributed by atoms with E-state index in [1.165, 1.54) is 25.3 Å². The molecule has 1 unspecified atom stereocenters. The standard InChI is InChI=1S/C13H15BrN2O5/c1-20-12-6-9(16(18)19)2-3-11(12)13(17)15-4-5-21-10(7-14)8-15/h2-3,6,10H,4-5,7-8H2,1H3. The minimum absolute atomic E-state index is 0.0493. The number of halogens is 1. The van der Waals surface area contributed by atoms with Crippen molar-refractivity contribution in [2.45, 2.75) is 6.10 Å². The molecule has 1 amide bonds. The number of methoxy groups -OCH3 is 1. The Morgan fingerprint density at radius 2 is 2.38 bits per heavy atom. The monoisotopic (exact) mass is 358 g/mol. The summed E-state index contributed by atoms with van der Waals surface area (Å²) in [6.07, 6.45) is -0.0493. The maximum Gasteiger partial charge on any atom is 0.273 e. The first-order valence-electron chi connectivity index (χ1n) is 6.36. The van der Waals surface area contributed by atoms with Gasteiger partial charge in [0.2, 0.25) is 0 Å². The Morgan fingerprint density at radius 1 is 1.62 bits per heavy atom. The van der Waals surface area contributed by atoms with E-state index in [-0.39, 0.29) is 23.4 Å². The van der Waals surface area contributed by atoms with E-state index in [0.29, 0.717) is 30.6 Å². The lowest BCUT2D eigenvalue weighted by Crippen LogP contribution is -2.46. The van der Waals surface area contributed by atoms with Gasteiger partial charge in [-0.15, -0.1) is 0 Å². The summed E-state index contributed by atoms with van der Waals surface area (Å²) >= 11 is 3.33. The molecule has 114 valence electrons. The van der Waals surface area contributed by atoms with Crippen molar-refractivity contribution >= 4 is 27.5 Å². The van der Waals surface area contributed by atoms with E-state index in [1.807, 2.05) is 0 Å². The third-order valence-electron chi connectivity index (χ3n) is 3.22. The second-order valence-electron chi connectivity index (χ2n) is 4.54. The van der Waals surface area contributed by atoms with Crippen molar-refractivity contribution in [2.75, 3.05) is 32.1 Å². The number of carbonyl (C=O) groups excluding carboxylic acids is 1. The lowest BCUT2D eigenvalue weighted by Gasteiger charge is -2.32. The van der Waals surface area contributed by atoms with Crippen LogP contribution in [0.3, 0.4) is 0 Å². The highest BCUT2D eigenvalue weighted by Gasteiger charge is 2.27. The number of carbonyl (C=O) groups is 1. The van der Waals surface area contributed by atoms with Gasteiger partial charge in [-0.1, -0.05) is 15.9 Å². The summed E-state index contributed by atoms with van der Waals surface area (Å²) < 4.78 is 10.6. The Bertz CT molecular complexity index is 551. The van der Waals surface area contributed by atoms with E-state index < -0.39 is 4.92 Å². The van der Waals surface area contributed by atoms with Gasteiger partial charge < -0.3 is 14.4 Å². The second kappa shape index (κ2) is 6.86. The molecule has 1 aromatic rings. The molecule has 0 aliphatic carbocycles. The Balaban J connectivity index is 2.24. The molecular formula is C13H15BrN2O5. The van der Waals surface area contributed by atoms with Crippen molar-refractivity contribution in [3.8, 4) is 5.75 Å². The topological polar surface area (TPSA) is 81.9 Å². The van der Waals surface area contributed by atoms with Gasteiger partial charge in [0.05, 0.1) is 36.4 Å². The molecule has 2 rings (SSSR count). The van der Waals surface area contributed by atoms with Crippen LogP contribution in [-0.2, 0) is 4.74 Å². The van der Waals surface area contributed by atoms with Crippen molar-refractivity contribution in [3.63, 3.8) is 0 Å². The molecule has 21 heavy (non-hydrogen) atoms. The summed E-state index contributed by atoms with van der Waals surface area (Å²) in [5.41, 5.74) is 0.210. The lowest BCUT2D eigenvalue weighted by atomic mass is 10.1. The molecule has 1 heterocycles. The fourth-order valence-electron chi connectivity index (χ4n) is 2.14. The van der Waals surface area contributed by atoms with Crippen LogP contribution in [0.1, 0.15) is 10.4 Å². The molecule has 1 saturated heterocycles. The molecule has 0 radical (unpaired) electrons. The molecule has 0 spiro atoms. The van der Waals surface area contributed by atoms with Gasteiger partial charge in [0.1, 0.15) is 5.75 Å². The minimum atomic E-state index is -0.521. The summed E-state index contributed by atoms with van der Waals surface area (Å²) in [5.74, 6) is -0.00733. The number of rotatable bonds is 4. The molecule has 7 nitrogen and oxygen atoms in total. The SMILES string of the molecule is COc1cc([N+](=O)[O-])ccc1C(=O)N1CCOC(CBr)C1. The van der Waals surface area contributed by atoms with Crippen LogP contribution in [0.5, 0.6) is 5.75 Å². The fourth-order valence-corrected chi connectivity index (χ4v) is 2.53. The zero-order chi connectivity index (χ0) is 15.4. The summed E-state index contributed by atoms with van der Waals surface area (Å²) in [6, 6.07) is 3.99. The van der Waals surface area contributed by atoms with Crippen LogP contribution in [0.2, 0.25) is 0 Å². The number of nitro groups is 1. The molecule has 0 saturated carbocycles. The molecule has 0 N–H and O–H groups in total. The molecular weight excluding hydrogens is 344 g/mol. The first-order chi connectivity index (χ1) is 10.1. The number of nitrogens with zero attached hydrogens (tertiary/aromatic N) is 2. The van der Waals surface area contributed by atoms with Gasteiger partial charge in [0, 0.05) is 24.5 Å². The Labute approximate surface area is 130 Å². The maximum absolute atomic E-state index is 12.5. The van der Waals surface area contributed by atoms with E-state index in [0.717, 1.165) is 0 Å². The molecule has 1 aromatic carbocycles. The Kier molecular flexibility index (Phi) is 5.13. The molecule has 0 aromatic heterocycles. The van der Waals surface area contributed by atoms with E-state index >= 15 is 0 Å². The quantitative estimate of drug-likeness (QED) is 0.466. The number of nitro benzene ring substituents is 1. The number of morpholine rings is 1. The number of ether oxygens (including phenoxy) is 2. The van der Waals surface area contributed by atoms with E-state index in [2.05, 4.69) is 15.9 Å². The third kappa shape index (κ3) is 3.51. The average molecular weight is 359 g/mol. The number of hydrogen-bond donors (Lipinski definition) is 0. The Morgan fingerprint density at radius 3 is 3.00 bits per heavy atom. The predicted molar refractivity (Wildman–Crippen MR) is 79.1 cm³/mol. The van der Waals surface area contributed by atoms with Crippen LogP contribution < -0.4 is 4.74 Å². The van der Waals surface area contributed by atoms with Gasteiger partial charge in [-0.3, -0.25) is 14.9 Å². The van der Waals surface area contributed by atoms with Crippen LogP contribution in [0.25, 0.3) is 0 Å². The van der Waals surface area contributed by atoms with Crippen LogP contribution in [0.4, 0.5) is 5.69 Å². The van der Waals surface area contributed by atoms with Crippen LogP contribution >= 0.6 is 15.9 Å². The largest absolute Gasteiger partial charge is 0.496 e. The maximum atomic E-state index is 12.5. The highest BCUT2D eigenvalue weighted by molar-refractivity contribution is 9.09. The molecule has 8 heteroatoms. The van der Waals surface area contributed by atoms with E-state index in [9.17, 15) is 14.9 Å². The van der Waals surface area contributed by atoms with E-state index in [1.54, 1.807) is 4.90 Å². The fraction of sp³-hybridized carbons (Fsp3) is 0.462. The van der Waals surface area contributed by atoms with Crippen LogP contribution in [0, 0.1) is 10.1 Å². The van der Waals surface area contributed by atoms with Gasteiger partial charge in [-0.2, -0.15) is 0 Å². The predicted octanol–water partition coefficient (Wildman–Crippen LogP) is 1.84. The first kappa shape index (κ1) is 15.7. The highest BCUT2D eigenvalue weighted by Crippen LogP contribution is 2.26. The average Bonchev–Trinajstić information content (AvgIpc) is 2.53. The summed E-state index contributed by atoms with van der Waals surface area (Å²) in [4.78, 5) is 24.4. The summed E-state index contributed by atoms with van der Waals surface area (Å²) in [5, 5.41) is 11.4.